The highest BCUT2D eigenvalue weighted by molar-refractivity contribution is 5.76. The topological polar surface area (TPSA) is 97.3 Å². The van der Waals surface area contributed by atoms with Crippen molar-refractivity contribution >= 4 is 11.9 Å². The van der Waals surface area contributed by atoms with Gasteiger partial charge in [0, 0.05) is 19.0 Å². The summed E-state index contributed by atoms with van der Waals surface area (Å²) in [5, 5.41) is 11.5. The lowest BCUT2D eigenvalue weighted by atomic mass is 9.97. The highest BCUT2D eigenvalue weighted by Crippen LogP contribution is 2.23. The first-order chi connectivity index (χ1) is 9.61. The van der Waals surface area contributed by atoms with Crippen molar-refractivity contribution in [1.29, 1.82) is 0 Å². The summed E-state index contributed by atoms with van der Waals surface area (Å²) >= 11 is 0. The van der Waals surface area contributed by atoms with Crippen LogP contribution in [-0.4, -0.2) is 35.7 Å². The normalized spacial score (nSPS) is 18.2. The molecule has 0 saturated carbocycles. The van der Waals surface area contributed by atoms with Crippen LogP contribution in [0.1, 0.15) is 45.0 Å². The van der Waals surface area contributed by atoms with E-state index in [1.165, 1.54) is 0 Å². The number of amides is 1. The maximum atomic E-state index is 11.1. The van der Waals surface area contributed by atoms with Gasteiger partial charge in [-0.15, -0.1) is 5.10 Å². The Bertz CT molecular complexity index is 440. The van der Waals surface area contributed by atoms with Crippen molar-refractivity contribution < 1.29 is 9.21 Å². The van der Waals surface area contributed by atoms with Crippen LogP contribution < -0.4 is 16.0 Å². The molecule has 0 aromatic carbocycles. The minimum atomic E-state index is -0.215. The van der Waals surface area contributed by atoms with Crippen LogP contribution in [0.25, 0.3) is 0 Å². The number of nitrogens with one attached hydrogen (secondary N) is 1. The maximum Gasteiger partial charge on any atom is 0.318 e. The molecule has 1 saturated heterocycles. The first-order valence-electron chi connectivity index (χ1n) is 7.22. The SMILES string of the molecule is CCCNC(C)c1nnc(N2CCC(C(N)=O)CC2)o1. The van der Waals surface area contributed by atoms with Gasteiger partial charge in [0.15, 0.2) is 0 Å². The van der Waals surface area contributed by atoms with Crippen molar-refractivity contribution in [2.24, 2.45) is 11.7 Å². The van der Waals surface area contributed by atoms with Gasteiger partial charge in [0.1, 0.15) is 0 Å². The van der Waals surface area contributed by atoms with Crippen LogP contribution in [0.5, 0.6) is 0 Å². The number of primary amides is 1. The summed E-state index contributed by atoms with van der Waals surface area (Å²) in [4.78, 5) is 13.2. The molecule has 2 heterocycles. The van der Waals surface area contributed by atoms with E-state index >= 15 is 0 Å². The molecule has 3 N–H and O–H groups in total. The smallest absolute Gasteiger partial charge is 0.318 e. The quantitative estimate of drug-likeness (QED) is 0.801. The van der Waals surface area contributed by atoms with Crippen LogP contribution in [0, 0.1) is 5.92 Å². The average Bonchev–Trinajstić information content (AvgIpc) is 2.94. The van der Waals surface area contributed by atoms with E-state index in [2.05, 4.69) is 22.4 Å². The highest BCUT2D eigenvalue weighted by atomic mass is 16.4. The lowest BCUT2D eigenvalue weighted by Crippen LogP contribution is -2.38. The summed E-state index contributed by atoms with van der Waals surface area (Å²) in [6, 6.07) is 0.590. The van der Waals surface area contributed by atoms with Gasteiger partial charge < -0.3 is 20.4 Å². The number of carbonyl (C=O) groups excluding carboxylic acids is 1. The molecule has 0 bridgehead atoms. The fourth-order valence-corrected chi connectivity index (χ4v) is 2.33. The third-order valence-corrected chi connectivity index (χ3v) is 3.67. The molecule has 1 unspecified atom stereocenters. The van der Waals surface area contributed by atoms with E-state index < -0.39 is 0 Å². The Morgan fingerprint density at radius 1 is 1.50 bits per heavy atom. The van der Waals surface area contributed by atoms with Crippen molar-refractivity contribution in [3.05, 3.63) is 5.89 Å². The molecular formula is C13H23N5O2. The Morgan fingerprint density at radius 2 is 2.20 bits per heavy atom. The summed E-state index contributed by atoms with van der Waals surface area (Å²) in [7, 11) is 0. The van der Waals surface area contributed by atoms with Crippen molar-refractivity contribution in [1.82, 2.24) is 15.5 Å². The van der Waals surface area contributed by atoms with E-state index in [0.29, 0.717) is 11.9 Å². The monoisotopic (exact) mass is 281 g/mol. The number of hydrogen-bond acceptors (Lipinski definition) is 6. The molecule has 0 spiro atoms. The maximum absolute atomic E-state index is 11.1. The molecule has 0 radical (unpaired) electrons. The largest absolute Gasteiger partial charge is 0.406 e. The van der Waals surface area contributed by atoms with E-state index in [1.54, 1.807) is 0 Å². The first-order valence-corrected chi connectivity index (χ1v) is 7.22. The summed E-state index contributed by atoms with van der Waals surface area (Å²) in [5.41, 5.74) is 5.32. The predicted octanol–water partition coefficient (Wildman–Crippen LogP) is 0.832. The van der Waals surface area contributed by atoms with Crippen LogP contribution in [0.4, 0.5) is 6.01 Å². The van der Waals surface area contributed by atoms with Gasteiger partial charge in [0.05, 0.1) is 6.04 Å². The first kappa shape index (κ1) is 14.8. The Hall–Kier alpha value is -1.63. The van der Waals surface area contributed by atoms with Crippen LogP contribution in [0.15, 0.2) is 4.42 Å². The second kappa shape index (κ2) is 6.69. The average molecular weight is 281 g/mol. The molecule has 1 aromatic rings. The molecule has 1 fully saturated rings. The van der Waals surface area contributed by atoms with Gasteiger partial charge in [-0.25, -0.2) is 0 Å². The van der Waals surface area contributed by atoms with Gasteiger partial charge >= 0.3 is 6.01 Å². The number of carbonyl (C=O) groups is 1. The highest BCUT2D eigenvalue weighted by Gasteiger charge is 2.26. The van der Waals surface area contributed by atoms with Crippen LogP contribution >= 0.6 is 0 Å². The molecule has 1 amide bonds. The number of hydrogen-bond donors (Lipinski definition) is 2. The van der Waals surface area contributed by atoms with E-state index in [9.17, 15) is 4.79 Å². The second-order valence-electron chi connectivity index (χ2n) is 5.26. The van der Waals surface area contributed by atoms with E-state index in [-0.39, 0.29) is 17.9 Å². The number of nitrogens with zero attached hydrogens (tertiary/aromatic N) is 3. The Kier molecular flexibility index (Phi) is 4.94. The third-order valence-electron chi connectivity index (χ3n) is 3.67. The zero-order chi connectivity index (χ0) is 14.5. The lowest BCUT2D eigenvalue weighted by molar-refractivity contribution is -0.122. The number of anilines is 1. The lowest BCUT2D eigenvalue weighted by Gasteiger charge is -2.28. The minimum absolute atomic E-state index is 0.0289. The molecule has 1 atom stereocenters. The van der Waals surface area contributed by atoms with Gasteiger partial charge in [-0.2, -0.15) is 0 Å². The number of aromatic nitrogens is 2. The number of piperidine rings is 1. The Labute approximate surface area is 118 Å². The predicted molar refractivity (Wildman–Crippen MR) is 75.1 cm³/mol. The summed E-state index contributed by atoms with van der Waals surface area (Å²) in [5.74, 6) is 0.359. The number of nitrogens with two attached hydrogens (primary N) is 1. The van der Waals surface area contributed by atoms with Gasteiger partial charge in [-0.3, -0.25) is 4.79 Å². The van der Waals surface area contributed by atoms with E-state index in [0.717, 1.165) is 38.9 Å². The van der Waals surface area contributed by atoms with Crippen molar-refractivity contribution in [3.8, 4) is 0 Å². The molecule has 7 heteroatoms. The number of rotatable bonds is 6. The Balaban J connectivity index is 1.91. The van der Waals surface area contributed by atoms with E-state index in [1.807, 2.05) is 11.8 Å². The van der Waals surface area contributed by atoms with Crippen molar-refractivity contribution in [2.45, 2.75) is 39.2 Å². The molecular weight excluding hydrogens is 258 g/mol. The fraction of sp³-hybridized carbons (Fsp3) is 0.769. The van der Waals surface area contributed by atoms with Crippen molar-refractivity contribution in [3.63, 3.8) is 0 Å². The molecule has 112 valence electrons. The fourth-order valence-electron chi connectivity index (χ4n) is 2.33. The molecule has 2 rings (SSSR count). The van der Waals surface area contributed by atoms with Crippen LogP contribution in [0.3, 0.4) is 0 Å². The van der Waals surface area contributed by atoms with E-state index in [4.69, 9.17) is 10.2 Å². The van der Waals surface area contributed by atoms with Crippen molar-refractivity contribution in [2.75, 3.05) is 24.5 Å². The zero-order valence-electron chi connectivity index (χ0n) is 12.1. The third kappa shape index (κ3) is 3.47. The molecule has 0 aliphatic carbocycles. The molecule has 20 heavy (non-hydrogen) atoms. The van der Waals surface area contributed by atoms with Gasteiger partial charge in [0.2, 0.25) is 11.8 Å². The molecule has 1 aliphatic heterocycles. The summed E-state index contributed by atoms with van der Waals surface area (Å²) in [6.07, 6.45) is 2.55. The second-order valence-corrected chi connectivity index (χ2v) is 5.26. The summed E-state index contributed by atoms with van der Waals surface area (Å²) in [6.45, 7) is 6.50. The standard InChI is InChI=1S/C13H23N5O2/c1-3-6-15-9(2)12-16-17-13(20-12)18-7-4-10(5-8-18)11(14)19/h9-10,15H,3-8H2,1-2H3,(H2,14,19). The van der Waals surface area contributed by atoms with Gasteiger partial charge in [-0.1, -0.05) is 12.0 Å². The zero-order valence-corrected chi connectivity index (χ0v) is 12.1. The molecule has 1 aliphatic rings. The van der Waals surface area contributed by atoms with Crippen LogP contribution in [0.2, 0.25) is 0 Å². The van der Waals surface area contributed by atoms with Crippen LogP contribution in [-0.2, 0) is 4.79 Å². The minimum Gasteiger partial charge on any atom is -0.406 e. The molecule has 1 aromatic heterocycles. The van der Waals surface area contributed by atoms with Gasteiger partial charge in [-0.05, 0) is 32.7 Å². The summed E-state index contributed by atoms with van der Waals surface area (Å²) < 4.78 is 5.70. The Morgan fingerprint density at radius 3 is 2.80 bits per heavy atom. The molecule has 7 nitrogen and oxygen atoms in total. The van der Waals surface area contributed by atoms with Gasteiger partial charge in [0.25, 0.3) is 0 Å².